The van der Waals surface area contributed by atoms with Gasteiger partial charge in [0, 0.05) is 18.8 Å². The predicted molar refractivity (Wildman–Crippen MR) is 122 cm³/mol. The zero-order valence-electron chi connectivity index (χ0n) is 17.5. The number of rotatable bonds is 5. The number of hydrogen-bond donors (Lipinski definition) is 3. The minimum Gasteiger partial charge on any atom is -0.382 e. The third kappa shape index (κ3) is 3.65. The first-order valence-electron chi connectivity index (χ1n) is 9.88. The van der Waals surface area contributed by atoms with Crippen molar-refractivity contribution in [3.05, 3.63) is 71.8 Å². The molecule has 0 fully saturated rings. The lowest BCUT2D eigenvalue weighted by molar-refractivity contribution is 0.0965. The second-order valence-electron chi connectivity index (χ2n) is 7.02. The van der Waals surface area contributed by atoms with Gasteiger partial charge in [0.25, 0.3) is 5.91 Å². The summed E-state index contributed by atoms with van der Waals surface area (Å²) in [4.78, 5) is 30.3. The van der Waals surface area contributed by atoms with Crippen LogP contribution in [0.3, 0.4) is 0 Å². The van der Waals surface area contributed by atoms with E-state index in [0.29, 0.717) is 33.7 Å². The van der Waals surface area contributed by atoms with Gasteiger partial charge in [-0.1, -0.05) is 30.3 Å². The number of nitrogens with zero attached hydrogens (tertiary/aromatic N) is 5. The van der Waals surface area contributed by atoms with Crippen LogP contribution in [-0.2, 0) is 0 Å². The third-order valence-corrected chi connectivity index (χ3v) is 5.04. The normalized spacial score (nSPS) is 11.5. The molecule has 0 bridgehead atoms. The Morgan fingerprint density at radius 3 is 2.62 bits per heavy atom. The Hall–Kier alpha value is -4.58. The van der Waals surface area contributed by atoms with E-state index >= 15 is 0 Å². The number of aromatic nitrogens is 4. The lowest BCUT2D eigenvalue weighted by Gasteiger charge is -2.21. The fraction of sp³-hybridized carbons (Fsp3) is 0.130. The molecule has 4 rings (SSSR count). The van der Waals surface area contributed by atoms with E-state index in [1.165, 1.54) is 6.33 Å². The zero-order chi connectivity index (χ0) is 22.7. The number of anilines is 2. The molecule has 0 saturated heterocycles. The van der Waals surface area contributed by atoms with Crippen LogP contribution in [0, 0.1) is 11.3 Å². The number of hydrogen-bond acceptors (Lipinski definition) is 8. The van der Waals surface area contributed by atoms with Crippen molar-refractivity contribution >= 4 is 28.6 Å². The molecule has 3 aromatic heterocycles. The molecule has 3 heterocycles. The maximum absolute atomic E-state index is 13.0. The number of benzene rings is 1. The van der Waals surface area contributed by atoms with Gasteiger partial charge in [0.1, 0.15) is 35.1 Å². The van der Waals surface area contributed by atoms with Crippen LogP contribution < -0.4 is 16.4 Å². The highest BCUT2D eigenvalue weighted by molar-refractivity contribution is 6.10. The van der Waals surface area contributed by atoms with E-state index in [0.717, 1.165) is 5.56 Å². The topological polar surface area (TPSA) is 142 Å². The molecule has 1 aromatic carbocycles. The summed E-state index contributed by atoms with van der Waals surface area (Å²) in [6.45, 7) is 1.88. The highest BCUT2D eigenvalue weighted by Crippen LogP contribution is 2.35. The molecule has 32 heavy (non-hydrogen) atoms. The van der Waals surface area contributed by atoms with E-state index in [4.69, 9.17) is 10.7 Å². The largest absolute Gasteiger partial charge is 0.382 e. The SMILES string of the molecule is CNC(=O)c1c(-c2ccccc2)c(C(C)Nc2ncnc(N)c2C#N)nc2cccnc12. The number of pyridine rings is 2. The van der Waals surface area contributed by atoms with Gasteiger partial charge < -0.3 is 16.4 Å². The second kappa shape index (κ2) is 8.65. The Morgan fingerprint density at radius 2 is 1.91 bits per heavy atom. The molecule has 0 saturated carbocycles. The molecule has 4 aromatic rings. The van der Waals surface area contributed by atoms with Crippen molar-refractivity contribution in [1.29, 1.82) is 5.26 Å². The van der Waals surface area contributed by atoms with E-state index in [9.17, 15) is 10.1 Å². The molecule has 1 atom stereocenters. The third-order valence-electron chi connectivity index (χ3n) is 5.04. The number of amides is 1. The van der Waals surface area contributed by atoms with Crippen LogP contribution in [0.4, 0.5) is 11.6 Å². The first-order valence-corrected chi connectivity index (χ1v) is 9.88. The molecule has 158 valence electrons. The average Bonchev–Trinajstić information content (AvgIpc) is 2.83. The Kier molecular flexibility index (Phi) is 5.59. The Morgan fingerprint density at radius 1 is 1.12 bits per heavy atom. The molecule has 0 aliphatic carbocycles. The summed E-state index contributed by atoms with van der Waals surface area (Å²) in [6, 6.07) is 14.7. The van der Waals surface area contributed by atoms with Gasteiger partial charge in [-0.25, -0.2) is 15.0 Å². The Labute approximate surface area is 184 Å². The first kappa shape index (κ1) is 20.7. The summed E-state index contributed by atoms with van der Waals surface area (Å²) in [5.41, 5.74) is 9.57. The first-order chi connectivity index (χ1) is 15.5. The van der Waals surface area contributed by atoms with Gasteiger partial charge >= 0.3 is 0 Å². The van der Waals surface area contributed by atoms with Crippen molar-refractivity contribution in [2.24, 2.45) is 0 Å². The predicted octanol–water partition coefficient (Wildman–Crippen LogP) is 3.07. The Balaban J connectivity index is 1.97. The van der Waals surface area contributed by atoms with E-state index in [2.05, 4.69) is 25.6 Å². The maximum Gasteiger partial charge on any atom is 0.254 e. The second-order valence-corrected chi connectivity index (χ2v) is 7.02. The highest BCUT2D eigenvalue weighted by Gasteiger charge is 2.25. The van der Waals surface area contributed by atoms with Crippen molar-refractivity contribution in [2.75, 3.05) is 18.1 Å². The molecular formula is C23H20N8O. The maximum atomic E-state index is 13.0. The van der Waals surface area contributed by atoms with Crippen LogP contribution in [0.1, 0.15) is 34.6 Å². The Bertz CT molecular complexity index is 1350. The quantitative estimate of drug-likeness (QED) is 0.444. The van der Waals surface area contributed by atoms with E-state index in [-0.39, 0.29) is 17.3 Å². The van der Waals surface area contributed by atoms with Gasteiger partial charge in [-0.3, -0.25) is 9.78 Å². The van der Waals surface area contributed by atoms with Crippen molar-refractivity contribution < 1.29 is 4.79 Å². The number of fused-ring (bicyclic) bond motifs is 1. The van der Waals surface area contributed by atoms with Gasteiger partial charge in [0.2, 0.25) is 0 Å². The van der Waals surface area contributed by atoms with Crippen molar-refractivity contribution in [3.63, 3.8) is 0 Å². The standard InChI is InChI=1S/C23H20N8O/c1-13(30-22-15(11-24)21(25)28-12-29-22)19-17(14-7-4-3-5-8-14)18(23(32)26-2)20-16(31-19)9-6-10-27-20/h3-10,12-13H,1-2H3,(H,26,32)(H3,25,28,29,30). The fourth-order valence-electron chi connectivity index (χ4n) is 3.56. The van der Waals surface area contributed by atoms with Crippen molar-refractivity contribution in [1.82, 2.24) is 25.3 Å². The minimum atomic E-state index is -0.431. The number of carbonyl (C=O) groups excluding carboxylic acids is 1. The molecule has 9 nitrogen and oxygen atoms in total. The van der Waals surface area contributed by atoms with E-state index in [1.807, 2.05) is 49.4 Å². The highest BCUT2D eigenvalue weighted by atomic mass is 16.1. The number of carbonyl (C=O) groups is 1. The lowest BCUT2D eigenvalue weighted by Crippen LogP contribution is -2.22. The number of nitrogens with two attached hydrogens (primary N) is 1. The summed E-state index contributed by atoms with van der Waals surface area (Å²) < 4.78 is 0. The van der Waals surface area contributed by atoms with Gasteiger partial charge in [-0.2, -0.15) is 5.26 Å². The van der Waals surface area contributed by atoms with Crippen LogP contribution in [-0.4, -0.2) is 32.9 Å². The summed E-state index contributed by atoms with van der Waals surface area (Å²) in [6.07, 6.45) is 2.92. The molecular weight excluding hydrogens is 404 g/mol. The molecule has 1 unspecified atom stereocenters. The van der Waals surface area contributed by atoms with Gasteiger partial charge in [-0.15, -0.1) is 0 Å². The van der Waals surface area contributed by atoms with Crippen LogP contribution in [0.25, 0.3) is 22.2 Å². The van der Waals surface area contributed by atoms with Gasteiger partial charge in [-0.05, 0) is 24.6 Å². The van der Waals surface area contributed by atoms with Crippen LogP contribution in [0.15, 0.2) is 55.0 Å². The summed E-state index contributed by atoms with van der Waals surface area (Å²) in [7, 11) is 1.58. The van der Waals surface area contributed by atoms with E-state index < -0.39 is 6.04 Å². The molecule has 1 amide bonds. The van der Waals surface area contributed by atoms with Crippen LogP contribution in [0.5, 0.6) is 0 Å². The van der Waals surface area contributed by atoms with E-state index in [1.54, 1.807) is 19.3 Å². The summed E-state index contributed by atoms with van der Waals surface area (Å²) in [5, 5.41) is 15.4. The lowest BCUT2D eigenvalue weighted by atomic mass is 9.93. The molecule has 0 spiro atoms. The fourth-order valence-corrected chi connectivity index (χ4v) is 3.56. The number of nitrogen functional groups attached to an aromatic ring is 1. The minimum absolute atomic E-state index is 0.0854. The van der Waals surface area contributed by atoms with Gasteiger partial charge in [0.15, 0.2) is 0 Å². The molecule has 4 N–H and O–H groups in total. The number of nitrogens with one attached hydrogen (secondary N) is 2. The van der Waals surface area contributed by atoms with Crippen LogP contribution >= 0.6 is 0 Å². The summed E-state index contributed by atoms with van der Waals surface area (Å²) in [5.74, 6) is 0.107. The zero-order valence-corrected chi connectivity index (χ0v) is 17.5. The van der Waals surface area contributed by atoms with Crippen molar-refractivity contribution in [2.45, 2.75) is 13.0 Å². The smallest absolute Gasteiger partial charge is 0.254 e. The summed E-state index contributed by atoms with van der Waals surface area (Å²) >= 11 is 0. The number of nitriles is 1. The van der Waals surface area contributed by atoms with Crippen LogP contribution in [0.2, 0.25) is 0 Å². The van der Waals surface area contributed by atoms with Crippen molar-refractivity contribution in [3.8, 4) is 17.2 Å². The molecule has 9 heteroatoms. The monoisotopic (exact) mass is 424 g/mol. The molecule has 0 radical (unpaired) electrons. The average molecular weight is 424 g/mol. The molecule has 0 aliphatic heterocycles. The van der Waals surface area contributed by atoms with Gasteiger partial charge in [0.05, 0.1) is 22.8 Å². The molecule has 0 aliphatic rings.